The molecule has 1 aromatic rings. The van der Waals surface area contributed by atoms with Gasteiger partial charge in [-0.25, -0.2) is 0 Å². The average Bonchev–Trinajstić information content (AvgIpc) is 2.36. The lowest BCUT2D eigenvalue weighted by molar-refractivity contribution is -0.114. The Morgan fingerprint density at radius 2 is 2.20 bits per heavy atom. The summed E-state index contributed by atoms with van der Waals surface area (Å²) in [6.07, 6.45) is 0.885. The highest BCUT2D eigenvalue weighted by atomic mass is 16.5. The number of amides is 1. The minimum atomic E-state index is -0.128. The van der Waals surface area contributed by atoms with E-state index in [1.807, 2.05) is 18.2 Å². The maximum Gasteiger partial charge on any atom is 0.221 e. The summed E-state index contributed by atoms with van der Waals surface area (Å²) in [5.74, 6) is 0.877. The SMILES string of the molecule is CC(=O)Nc1ccc2c(c1)CC(C)(C)O2. The van der Waals surface area contributed by atoms with Crippen LogP contribution in [0.25, 0.3) is 0 Å². The van der Waals surface area contributed by atoms with Crippen LogP contribution in [0.3, 0.4) is 0 Å². The van der Waals surface area contributed by atoms with Crippen molar-refractivity contribution in [2.75, 3.05) is 5.32 Å². The van der Waals surface area contributed by atoms with Gasteiger partial charge in [-0.15, -0.1) is 0 Å². The fourth-order valence-electron chi connectivity index (χ4n) is 1.89. The standard InChI is InChI=1S/C12H15NO2/c1-8(14)13-10-4-5-11-9(6-10)7-12(2,3)15-11/h4-6H,7H2,1-3H3,(H,13,14). The number of carbonyl (C=O) groups is 1. The lowest BCUT2D eigenvalue weighted by Gasteiger charge is -2.16. The molecule has 0 atom stereocenters. The van der Waals surface area contributed by atoms with Crippen molar-refractivity contribution in [3.63, 3.8) is 0 Å². The van der Waals surface area contributed by atoms with Gasteiger partial charge in [-0.05, 0) is 32.0 Å². The smallest absolute Gasteiger partial charge is 0.221 e. The molecule has 3 heteroatoms. The molecule has 0 saturated carbocycles. The molecule has 0 unspecified atom stereocenters. The summed E-state index contributed by atoms with van der Waals surface area (Å²) in [6, 6.07) is 5.75. The van der Waals surface area contributed by atoms with Crippen LogP contribution < -0.4 is 10.1 Å². The highest BCUT2D eigenvalue weighted by Gasteiger charge is 2.29. The Labute approximate surface area is 89.4 Å². The lowest BCUT2D eigenvalue weighted by atomic mass is 10.0. The van der Waals surface area contributed by atoms with Gasteiger partial charge in [0.25, 0.3) is 0 Å². The second-order valence-electron chi connectivity index (χ2n) is 4.54. The molecule has 0 spiro atoms. The first kappa shape index (κ1) is 10.0. The van der Waals surface area contributed by atoms with Crippen molar-refractivity contribution in [1.82, 2.24) is 0 Å². The van der Waals surface area contributed by atoms with Gasteiger partial charge in [0.15, 0.2) is 0 Å². The van der Waals surface area contributed by atoms with E-state index in [4.69, 9.17) is 4.74 Å². The van der Waals surface area contributed by atoms with Crippen LogP contribution in [-0.4, -0.2) is 11.5 Å². The zero-order valence-electron chi connectivity index (χ0n) is 9.26. The number of hydrogen-bond acceptors (Lipinski definition) is 2. The van der Waals surface area contributed by atoms with Crippen LogP contribution in [0.1, 0.15) is 26.3 Å². The lowest BCUT2D eigenvalue weighted by Crippen LogP contribution is -2.24. The van der Waals surface area contributed by atoms with Crippen LogP contribution in [-0.2, 0) is 11.2 Å². The van der Waals surface area contributed by atoms with Crippen molar-refractivity contribution < 1.29 is 9.53 Å². The van der Waals surface area contributed by atoms with Crippen LogP contribution in [0.5, 0.6) is 5.75 Å². The van der Waals surface area contributed by atoms with Crippen LogP contribution in [0, 0.1) is 0 Å². The largest absolute Gasteiger partial charge is 0.487 e. The predicted molar refractivity (Wildman–Crippen MR) is 59.2 cm³/mol. The van der Waals surface area contributed by atoms with E-state index < -0.39 is 0 Å². The Morgan fingerprint density at radius 3 is 2.87 bits per heavy atom. The number of rotatable bonds is 1. The van der Waals surface area contributed by atoms with Gasteiger partial charge in [0.1, 0.15) is 11.4 Å². The van der Waals surface area contributed by atoms with Gasteiger partial charge in [0.2, 0.25) is 5.91 Å². The average molecular weight is 205 g/mol. The van der Waals surface area contributed by atoms with Crippen molar-refractivity contribution in [3.8, 4) is 5.75 Å². The van der Waals surface area contributed by atoms with Gasteiger partial charge < -0.3 is 10.1 Å². The summed E-state index contributed by atoms with van der Waals surface area (Å²) in [4.78, 5) is 10.9. The highest BCUT2D eigenvalue weighted by molar-refractivity contribution is 5.88. The van der Waals surface area contributed by atoms with Gasteiger partial charge in [-0.2, -0.15) is 0 Å². The number of hydrogen-bond donors (Lipinski definition) is 1. The number of anilines is 1. The second-order valence-corrected chi connectivity index (χ2v) is 4.54. The summed E-state index contributed by atoms with van der Waals surface area (Å²) < 4.78 is 5.74. The van der Waals surface area contributed by atoms with Crippen LogP contribution in [0.4, 0.5) is 5.69 Å². The molecule has 1 aliphatic heterocycles. The van der Waals surface area contributed by atoms with Crippen LogP contribution in [0.15, 0.2) is 18.2 Å². The monoisotopic (exact) mass is 205 g/mol. The molecule has 1 N–H and O–H groups in total. The van der Waals surface area contributed by atoms with Crippen molar-refractivity contribution in [2.24, 2.45) is 0 Å². The zero-order chi connectivity index (χ0) is 11.1. The fourth-order valence-corrected chi connectivity index (χ4v) is 1.89. The number of ether oxygens (including phenoxy) is 1. The Balaban J connectivity index is 2.26. The molecule has 80 valence electrons. The minimum absolute atomic E-state index is 0.0480. The number of carbonyl (C=O) groups excluding carboxylic acids is 1. The summed E-state index contributed by atoms with van der Waals surface area (Å²) in [5.41, 5.74) is 1.87. The van der Waals surface area contributed by atoms with Crippen molar-refractivity contribution >= 4 is 11.6 Å². The zero-order valence-corrected chi connectivity index (χ0v) is 9.26. The molecule has 15 heavy (non-hydrogen) atoms. The molecule has 0 aromatic heterocycles. The molecule has 0 aliphatic carbocycles. The van der Waals surface area contributed by atoms with Crippen LogP contribution >= 0.6 is 0 Å². The molecular formula is C12H15NO2. The third-order valence-electron chi connectivity index (χ3n) is 2.38. The molecular weight excluding hydrogens is 190 g/mol. The summed E-state index contributed by atoms with van der Waals surface area (Å²) >= 11 is 0. The third-order valence-corrected chi connectivity index (χ3v) is 2.38. The first-order valence-corrected chi connectivity index (χ1v) is 5.06. The van der Waals surface area contributed by atoms with Crippen molar-refractivity contribution in [2.45, 2.75) is 32.8 Å². The summed E-state index contributed by atoms with van der Waals surface area (Å²) in [6.45, 7) is 5.63. The van der Waals surface area contributed by atoms with Crippen molar-refractivity contribution in [3.05, 3.63) is 23.8 Å². The molecule has 1 amide bonds. The predicted octanol–water partition coefficient (Wildman–Crippen LogP) is 2.36. The second kappa shape index (κ2) is 3.26. The quantitative estimate of drug-likeness (QED) is 0.764. The van der Waals surface area contributed by atoms with E-state index in [1.165, 1.54) is 6.92 Å². The molecule has 0 saturated heterocycles. The van der Waals surface area contributed by atoms with E-state index in [1.54, 1.807) is 0 Å². The Kier molecular flexibility index (Phi) is 2.18. The first-order chi connectivity index (χ1) is 6.96. The Bertz CT molecular complexity index is 410. The molecule has 1 aromatic carbocycles. The Morgan fingerprint density at radius 1 is 1.47 bits per heavy atom. The number of benzene rings is 1. The van der Waals surface area contributed by atoms with E-state index in [-0.39, 0.29) is 11.5 Å². The van der Waals surface area contributed by atoms with E-state index in [0.29, 0.717) is 0 Å². The fraction of sp³-hybridized carbons (Fsp3) is 0.417. The maximum atomic E-state index is 10.9. The van der Waals surface area contributed by atoms with Crippen molar-refractivity contribution in [1.29, 1.82) is 0 Å². The number of fused-ring (bicyclic) bond motifs is 1. The molecule has 0 radical (unpaired) electrons. The Hall–Kier alpha value is -1.51. The molecule has 2 rings (SSSR count). The minimum Gasteiger partial charge on any atom is -0.487 e. The number of nitrogens with one attached hydrogen (secondary N) is 1. The molecule has 0 fully saturated rings. The molecule has 1 heterocycles. The maximum absolute atomic E-state index is 10.9. The third kappa shape index (κ3) is 2.12. The van der Waals surface area contributed by atoms with E-state index in [0.717, 1.165) is 23.4 Å². The normalized spacial score (nSPS) is 16.7. The van der Waals surface area contributed by atoms with Gasteiger partial charge in [-0.1, -0.05) is 0 Å². The topological polar surface area (TPSA) is 38.3 Å². The van der Waals surface area contributed by atoms with E-state index >= 15 is 0 Å². The highest BCUT2D eigenvalue weighted by Crippen LogP contribution is 2.36. The summed E-state index contributed by atoms with van der Waals surface area (Å²) in [7, 11) is 0. The first-order valence-electron chi connectivity index (χ1n) is 5.06. The molecule has 3 nitrogen and oxygen atoms in total. The van der Waals surface area contributed by atoms with Gasteiger partial charge >= 0.3 is 0 Å². The van der Waals surface area contributed by atoms with E-state index in [9.17, 15) is 4.79 Å². The van der Waals surface area contributed by atoms with Gasteiger partial charge in [-0.3, -0.25) is 4.79 Å². The summed E-state index contributed by atoms with van der Waals surface area (Å²) in [5, 5.41) is 2.77. The van der Waals surface area contributed by atoms with E-state index in [2.05, 4.69) is 19.2 Å². The van der Waals surface area contributed by atoms with Gasteiger partial charge in [0.05, 0.1) is 0 Å². The molecule has 0 bridgehead atoms. The van der Waals surface area contributed by atoms with Gasteiger partial charge in [0, 0.05) is 24.6 Å². The molecule has 1 aliphatic rings. The van der Waals surface area contributed by atoms with Crippen LogP contribution in [0.2, 0.25) is 0 Å².